The molecule has 2 aromatic rings. The minimum Gasteiger partial charge on any atom is -0.494 e. The molecule has 2 N–H and O–H groups in total. The lowest BCUT2D eigenvalue weighted by Gasteiger charge is -2.27. The van der Waals surface area contributed by atoms with Crippen LogP contribution in [0.5, 0.6) is 5.75 Å². The average Bonchev–Trinajstić information content (AvgIpc) is 2.74. The van der Waals surface area contributed by atoms with Crippen molar-refractivity contribution in [1.29, 1.82) is 0 Å². The van der Waals surface area contributed by atoms with Crippen LogP contribution in [0.2, 0.25) is 0 Å². The molecule has 5 nitrogen and oxygen atoms in total. The van der Waals surface area contributed by atoms with Crippen LogP contribution in [0.25, 0.3) is 0 Å². The minimum absolute atomic E-state index is 0. The number of fused-ring (bicyclic) bond motifs is 1. The smallest absolute Gasteiger partial charge is 0.220 e. The predicted octanol–water partition coefficient (Wildman–Crippen LogP) is 3.86. The van der Waals surface area contributed by atoms with Gasteiger partial charge in [0.1, 0.15) is 5.75 Å². The number of ether oxygens (including phenoxy) is 1. The van der Waals surface area contributed by atoms with Crippen LogP contribution < -0.4 is 15.4 Å². The molecule has 1 unspecified atom stereocenters. The van der Waals surface area contributed by atoms with E-state index in [1.54, 1.807) is 24.3 Å². The maximum absolute atomic E-state index is 12.3. The van der Waals surface area contributed by atoms with Gasteiger partial charge in [-0.2, -0.15) is 0 Å². The van der Waals surface area contributed by atoms with Gasteiger partial charge in [-0.05, 0) is 54.8 Å². The van der Waals surface area contributed by atoms with Crippen molar-refractivity contribution in [3.05, 3.63) is 65.2 Å². The van der Waals surface area contributed by atoms with Crippen LogP contribution >= 0.6 is 12.4 Å². The molecular weight excluding hydrogens is 388 g/mol. The summed E-state index contributed by atoms with van der Waals surface area (Å²) in [6.45, 7) is 4.15. The van der Waals surface area contributed by atoms with Gasteiger partial charge in [-0.1, -0.05) is 31.2 Å². The summed E-state index contributed by atoms with van der Waals surface area (Å²) < 4.78 is 5.52. The van der Waals surface area contributed by atoms with Crippen LogP contribution in [-0.2, 0) is 11.2 Å². The second-order valence-corrected chi connectivity index (χ2v) is 7.06. The Bertz CT molecular complexity index is 808. The van der Waals surface area contributed by atoms with Crippen molar-refractivity contribution in [2.24, 2.45) is 0 Å². The fourth-order valence-corrected chi connectivity index (χ4v) is 3.41. The highest BCUT2D eigenvalue weighted by Crippen LogP contribution is 2.22. The lowest BCUT2D eigenvalue weighted by Crippen LogP contribution is -2.38. The Morgan fingerprint density at radius 1 is 1.10 bits per heavy atom. The van der Waals surface area contributed by atoms with Gasteiger partial charge in [-0.15, -0.1) is 12.4 Å². The molecule has 3 rings (SSSR count). The van der Waals surface area contributed by atoms with E-state index in [-0.39, 0.29) is 43.0 Å². The molecule has 156 valence electrons. The molecule has 1 atom stereocenters. The van der Waals surface area contributed by atoms with Gasteiger partial charge in [0.2, 0.25) is 5.91 Å². The molecule has 2 aromatic carbocycles. The Morgan fingerprint density at radius 3 is 2.62 bits per heavy atom. The standard InChI is InChI=1S/C23H28N2O3.ClH/c1-2-15-28-19-9-7-18(8-10-19)22(26)11-12-23(27)25-16-21-20-6-4-3-5-17(20)13-14-24-21;/h3-10,21,24H,2,11-16H2,1H3,(H,25,27);1H. The second kappa shape index (κ2) is 11.6. The fourth-order valence-electron chi connectivity index (χ4n) is 3.41. The van der Waals surface area contributed by atoms with Crippen molar-refractivity contribution in [2.45, 2.75) is 38.6 Å². The lowest BCUT2D eigenvalue weighted by atomic mass is 9.94. The number of carbonyl (C=O) groups excluding carboxylic acids is 2. The van der Waals surface area contributed by atoms with Gasteiger partial charge in [-0.25, -0.2) is 0 Å². The quantitative estimate of drug-likeness (QED) is 0.609. The number of halogens is 1. The summed E-state index contributed by atoms with van der Waals surface area (Å²) in [4.78, 5) is 24.5. The van der Waals surface area contributed by atoms with Crippen LogP contribution in [0.1, 0.15) is 53.7 Å². The molecule has 0 spiro atoms. The number of hydrogen-bond donors (Lipinski definition) is 2. The number of ketones is 1. The highest BCUT2D eigenvalue weighted by Gasteiger charge is 2.19. The minimum atomic E-state index is -0.0962. The maximum atomic E-state index is 12.3. The molecule has 0 fully saturated rings. The zero-order valence-corrected chi connectivity index (χ0v) is 17.6. The third-order valence-electron chi connectivity index (χ3n) is 4.95. The fraction of sp³-hybridized carbons (Fsp3) is 0.391. The van der Waals surface area contributed by atoms with Gasteiger partial charge in [0.05, 0.1) is 6.61 Å². The van der Waals surface area contributed by atoms with E-state index in [9.17, 15) is 9.59 Å². The van der Waals surface area contributed by atoms with Gasteiger partial charge in [0, 0.05) is 31.0 Å². The summed E-state index contributed by atoms with van der Waals surface area (Å²) in [5.74, 6) is 0.635. The molecule has 0 aliphatic carbocycles. The zero-order chi connectivity index (χ0) is 19.8. The Balaban J connectivity index is 0.00000300. The van der Waals surface area contributed by atoms with E-state index in [0.29, 0.717) is 18.7 Å². The van der Waals surface area contributed by atoms with E-state index in [0.717, 1.165) is 25.1 Å². The first-order valence-electron chi connectivity index (χ1n) is 10.0. The van der Waals surface area contributed by atoms with Crippen molar-refractivity contribution >= 4 is 24.1 Å². The van der Waals surface area contributed by atoms with Crippen molar-refractivity contribution < 1.29 is 14.3 Å². The number of hydrogen-bond acceptors (Lipinski definition) is 4. The van der Waals surface area contributed by atoms with E-state index in [4.69, 9.17) is 4.74 Å². The van der Waals surface area contributed by atoms with Crippen molar-refractivity contribution in [1.82, 2.24) is 10.6 Å². The third-order valence-corrected chi connectivity index (χ3v) is 4.95. The Morgan fingerprint density at radius 2 is 1.86 bits per heavy atom. The molecule has 0 aromatic heterocycles. The summed E-state index contributed by atoms with van der Waals surface area (Å²) in [5, 5.41) is 6.41. The Labute approximate surface area is 178 Å². The van der Waals surface area contributed by atoms with Crippen LogP contribution in [0, 0.1) is 0 Å². The van der Waals surface area contributed by atoms with Gasteiger partial charge in [0.15, 0.2) is 5.78 Å². The first-order valence-corrected chi connectivity index (χ1v) is 10.0. The highest BCUT2D eigenvalue weighted by atomic mass is 35.5. The summed E-state index contributed by atoms with van der Waals surface area (Å²) in [5.41, 5.74) is 3.19. The number of amides is 1. The van der Waals surface area contributed by atoms with Crippen molar-refractivity contribution in [3.8, 4) is 5.75 Å². The number of nitrogens with one attached hydrogen (secondary N) is 2. The molecule has 0 bridgehead atoms. The molecule has 1 aliphatic heterocycles. The average molecular weight is 417 g/mol. The van der Waals surface area contributed by atoms with Gasteiger partial charge >= 0.3 is 0 Å². The highest BCUT2D eigenvalue weighted by molar-refractivity contribution is 5.98. The Kier molecular flexibility index (Phi) is 9.16. The first kappa shape index (κ1) is 22.9. The van der Waals surface area contributed by atoms with Crippen LogP contribution in [0.3, 0.4) is 0 Å². The molecule has 1 heterocycles. The Hall–Kier alpha value is -2.37. The number of carbonyl (C=O) groups is 2. The van der Waals surface area contributed by atoms with Gasteiger partial charge < -0.3 is 15.4 Å². The number of benzene rings is 2. The molecule has 1 amide bonds. The third kappa shape index (κ3) is 6.58. The number of rotatable bonds is 9. The number of Topliss-reactive ketones (excluding diaryl/α,β-unsaturated/α-hetero) is 1. The molecule has 0 saturated carbocycles. The topological polar surface area (TPSA) is 67.4 Å². The van der Waals surface area contributed by atoms with E-state index in [1.165, 1.54) is 11.1 Å². The van der Waals surface area contributed by atoms with E-state index < -0.39 is 0 Å². The van der Waals surface area contributed by atoms with Crippen LogP contribution in [0.4, 0.5) is 0 Å². The van der Waals surface area contributed by atoms with Crippen LogP contribution in [-0.4, -0.2) is 31.4 Å². The lowest BCUT2D eigenvalue weighted by molar-refractivity contribution is -0.121. The summed E-state index contributed by atoms with van der Waals surface area (Å²) in [7, 11) is 0. The largest absolute Gasteiger partial charge is 0.494 e. The summed E-state index contributed by atoms with van der Waals surface area (Å²) in [6.07, 6.45) is 2.35. The van der Waals surface area contributed by atoms with Gasteiger partial charge in [0.25, 0.3) is 0 Å². The first-order chi connectivity index (χ1) is 13.7. The molecule has 0 saturated heterocycles. The zero-order valence-electron chi connectivity index (χ0n) is 16.8. The SMILES string of the molecule is CCCOc1ccc(C(=O)CCC(=O)NCC2NCCc3ccccc32)cc1.Cl. The maximum Gasteiger partial charge on any atom is 0.220 e. The van der Waals surface area contributed by atoms with Crippen LogP contribution in [0.15, 0.2) is 48.5 Å². The van der Waals surface area contributed by atoms with Gasteiger partial charge in [-0.3, -0.25) is 9.59 Å². The normalized spacial score (nSPS) is 15.0. The second-order valence-electron chi connectivity index (χ2n) is 7.06. The van der Waals surface area contributed by atoms with E-state index >= 15 is 0 Å². The predicted molar refractivity (Wildman–Crippen MR) is 117 cm³/mol. The van der Waals surface area contributed by atoms with Crippen molar-refractivity contribution in [2.75, 3.05) is 19.7 Å². The van der Waals surface area contributed by atoms with E-state index in [1.807, 2.05) is 19.1 Å². The van der Waals surface area contributed by atoms with Crippen molar-refractivity contribution in [3.63, 3.8) is 0 Å². The molecule has 0 radical (unpaired) electrons. The molecule has 1 aliphatic rings. The van der Waals surface area contributed by atoms with E-state index in [2.05, 4.69) is 22.8 Å². The summed E-state index contributed by atoms with van der Waals surface area (Å²) in [6, 6.07) is 15.6. The summed E-state index contributed by atoms with van der Waals surface area (Å²) >= 11 is 0. The molecule has 6 heteroatoms. The monoisotopic (exact) mass is 416 g/mol. The molecule has 29 heavy (non-hydrogen) atoms. The molecular formula is C23H29ClN2O3.